The van der Waals surface area contributed by atoms with Crippen LogP contribution in [0, 0.1) is 0 Å². The number of carbonyl (C=O) groups is 4. The molecule has 0 rings (SSSR count). The van der Waals surface area contributed by atoms with Crippen molar-refractivity contribution in [3.8, 4) is 0 Å². The number of carboxylic acid groups (broad SMARTS) is 1. The monoisotopic (exact) mass is 289 g/mol. The number of likely N-dealkylation sites (N-methyl/N-ethyl adjacent to an activating group) is 2. The molecular weight excluding hydrogens is 270 g/mol. The van der Waals surface area contributed by atoms with Crippen LogP contribution < -0.4 is 10.6 Å². The van der Waals surface area contributed by atoms with E-state index in [-0.39, 0.29) is 25.3 Å². The molecule has 0 bridgehead atoms. The highest BCUT2D eigenvalue weighted by atomic mass is 16.5. The zero-order valence-electron chi connectivity index (χ0n) is 11.6. The Morgan fingerprint density at radius 1 is 1.30 bits per heavy atom. The van der Waals surface area contributed by atoms with Gasteiger partial charge in [-0.2, -0.15) is 0 Å². The maximum atomic E-state index is 11.7. The number of aliphatic carboxylic acids is 1. The predicted molar refractivity (Wildman–Crippen MR) is 67.9 cm³/mol. The Bertz CT molecular complexity index is 384. The van der Waals surface area contributed by atoms with Gasteiger partial charge in [0.2, 0.25) is 5.91 Å². The quantitative estimate of drug-likeness (QED) is 0.504. The summed E-state index contributed by atoms with van der Waals surface area (Å²) < 4.78 is 4.39. The molecule has 9 heteroatoms. The number of amides is 3. The van der Waals surface area contributed by atoms with Crippen LogP contribution in [0.4, 0.5) is 4.79 Å². The van der Waals surface area contributed by atoms with Gasteiger partial charge < -0.3 is 25.4 Å². The van der Waals surface area contributed by atoms with Gasteiger partial charge in [0.25, 0.3) is 0 Å². The fourth-order valence-electron chi connectivity index (χ4n) is 1.25. The van der Waals surface area contributed by atoms with E-state index >= 15 is 0 Å². The molecule has 0 heterocycles. The molecule has 0 saturated carbocycles. The minimum Gasteiger partial charge on any atom is -0.480 e. The lowest BCUT2D eigenvalue weighted by Crippen LogP contribution is -2.49. The number of methoxy groups -OCH3 is 1. The highest BCUT2D eigenvalue weighted by Gasteiger charge is 2.23. The van der Waals surface area contributed by atoms with Gasteiger partial charge in [-0.25, -0.2) is 9.59 Å². The van der Waals surface area contributed by atoms with Gasteiger partial charge in [-0.15, -0.1) is 0 Å². The number of carbonyl (C=O) groups excluding carboxylic acids is 3. The number of nitrogens with one attached hydrogen (secondary N) is 2. The third-order valence-electron chi connectivity index (χ3n) is 2.47. The number of nitrogens with zero attached hydrogens (tertiary/aromatic N) is 1. The zero-order valence-corrected chi connectivity index (χ0v) is 11.6. The summed E-state index contributed by atoms with van der Waals surface area (Å²) in [5.74, 6) is -2.22. The Morgan fingerprint density at radius 3 is 2.35 bits per heavy atom. The van der Waals surface area contributed by atoms with Crippen molar-refractivity contribution in [2.24, 2.45) is 0 Å². The lowest BCUT2D eigenvalue weighted by molar-refractivity contribution is -0.142. The molecule has 0 saturated heterocycles. The number of esters is 1. The van der Waals surface area contributed by atoms with E-state index in [0.29, 0.717) is 0 Å². The molecule has 1 atom stereocenters. The average molecular weight is 289 g/mol. The number of hydrogen-bond donors (Lipinski definition) is 3. The van der Waals surface area contributed by atoms with Crippen molar-refractivity contribution in [1.82, 2.24) is 15.5 Å². The van der Waals surface area contributed by atoms with E-state index in [4.69, 9.17) is 5.11 Å². The van der Waals surface area contributed by atoms with Crippen LogP contribution in [0.5, 0.6) is 0 Å². The largest absolute Gasteiger partial charge is 0.480 e. The minimum atomic E-state index is -1.27. The van der Waals surface area contributed by atoms with E-state index in [1.807, 2.05) is 0 Å². The molecule has 0 aliphatic heterocycles. The molecule has 0 radical (unpaired) electrons. The summed E-state index contributed by atoms with van der Waals surface area (Å²) in [4.78, 5) is 45.7. The van der Waals surface area contributed by atoms with Crippen LogP contribution in [0.2, 0.25) is 0 Å². The molecule has 0 fully saturated rings. The Kier molecular flexibility index (Phi) is 7.71. The SMILES string of the molecule is CNC(=O)CN(C)C(=O)N[C@@H](CCC(=O)OC)C(=O)O. The third-order valence-corrected chi connectivity index (χ3v) is 2.47. The van der Waals surface area contributed by atoms with Crippen molar-refractivity contribution in [3.63, 3.8) is 0 Å². The smallest absolute Gasteiger partial charge is 0.326 e. The van der Waals surface area contributed by atoms with Crippen molar-refractivity contribution in [1.29, 1.82) is 0 Å². The summed E-state index contributed by atoms with van der Waals surface area (Å²) in [6.07, 6.45) is -0.228. The summed E-state index contributed by atoms with van der Waals surface area (Å²) in [6.45, 7) is -0.203. The second-order valence-electron chi connectivity index (χ2n) is 3.98. The Morgan fingerprint density at radius 2 is 1.90 bits per heavy atom. The summed E-state index contributed by atoms with van der Waals surface area (Å²) in [5.41, 5.74) is 0. The lowest BCUT2D eigenvalue weighted by atomic mass is 10.1. The molecule has 0 unspecified atom stereocenters. The molecule has 20 heavy (non-hydrogen) atoms. The van der Waals surface area contributed by atoms with Crippen LogP contribution in [0.15, 0.2) is 0 Å². The second-order valence-corrected chi connectivity index (χ2v) is 3.98. The normalized spacial score (nSPS) is 11.2. The lowest BCUT2D eigenvalue weighted by Gasteiger charge is -2.20. The second kappa shape index (κ2) is 8.73. The maximum Gasteiger partial charge on any atom is 0.326 e. The molecule has 0 aliphatic rings. The molecular formula is C11H19N3O6. The molecule has 114 valence electrons. The molecule has 0 aromatic carbocycles. The molecule has 3 N–H and O–H groups in total. The number of ether oxygens (including phenoxy) is 1. The number of hydrogen-bond acceptors (Lipinski definition) is 5. The molecule has 9 nitrogen and oxygen atoms in total. The molecule has 0 aromatic rings. The standard InChI is InChI=1S/C11H19N3O6/c1-12-8(15)6-14(2)11(19)13-7(10(17)18)4-5-9(16)20-3/h7H,4-6H2,1-3H3,(H,12,15)(H,13,19)(H,17,18)/t7-/m0/s1. The van der Waals surface area contributed by atoms with Crippen molar-refractivity contribution in [2.75, 3.05) is 27.7 Å². The fourth-order valence-corrected chi connectivity index (χ4v) is 1.25. The number of urea groups is 1. The summed E-state index contributed by atoms with van der Waals surface area (Å²) in [6, 6.07) is -1.94. The predicted octanol–water partition coefficient (Wildman–Crippen LogP) is -1.22. The van der Waals surface area contributed by atoms with Crippen molar-refractivity contribution in [2.45, 2.75) is 18.9 Å². The minimum absolute atomic E-state index is 0.0957. The van der Waals surface area contributed by atoms with Crippen molar-refractivity contribution >= 4 is 23.9 Å². The topological polar surface area (TPSA) is 125 Å². The Balaban J connectivity index is 4.43. The summed E-state index contributed by atoms with van der Waals surface area (Å²) in [7, 11) is 3.96. The maximum absolute atomic E-state index is 11.7. The third kappa shape index (κ3) is 6.57. The van der Waals surface area contributed by atoms with Gasteiger partial charge in [-0.1, -0.05) is 0 Å². The van der Waals surface area contributed by atoms with E-state index in [1.54, 1.807) is 0 Å². The van der Waals surface area contributed by atoms with E-state index in [2.05, 4.69) is 15.4 Å². The van der Waals surface area contributed by atoms with Crippen LogP contribution >= 0.6 is 0 Å². The summed E-state index contributed by atoms with van der Waals surface area (Å²) >= 11 is 0. The Labute approximate surface area is 116 Å². The first-order valence-electron chi connectivity index (χ1n) is 5.83. The zero-order chi connectivity index (χ0) is 15.7. The van der Waals surface area contributed by atoms with Crippen molar-refractivity contribution < 1.29 is 29.0 Å². The summed E-state index contributed by atoms with van der Waals surface area (Å²) in [5, 5.41) is 13.5. The van der Waals surface area contributed by atoms with Gasteiger partial charge in [0, 0.05) is 20.5 Å². The first-order chi connectivity index (χ1) is 9.31. The molecule has 0 aromatic heterocycles. The Hall–Kier alpha value is -2.32. The first kappa shape index (κ1) is 17.7. The van der Waals surface area contributed by atoms with Gasteiger partial charge in [0.05, 0.1) is 7.11 Å². The fraction of sp³-hybridized carbons (Fsp3) is 0.636. The van der Waals surface area contributed by atoms with Crippen molar-refractivity contribution in [3.05, 3.63) is 0 Å². The van der Waals surface area contributed by atoms with Gasteiger partial charge in [0.15, 0.2) is 0 Å². The molecule has 0 aliphatic carbocycles. The average Bonchev–Trinajstić information content (AvgIpc) is 2.41. The van der Waals surface area contributed by atoms with Gasteiger partial charge in [0.1, 0.15) is 12.6 Å². The molecule has 0 spiro atoms. The van der Waals surface area contributed by atoms with E-state index in [0.717, 1.165) is 4.90 Å². The van der Waals surface area contributed by atoms with E-state index in [9.17, 15) is 19.2 Å². The van der Waals surface area contributed by atoms with Crippen LogP contribution in [-0.2, 0) is 19.1 Å². The number of carboxylic acids is 1. The highest BCUT2D eigenvalue weighted by molar-refractivity contribution is 5.86. The van der Waals surface area contributed by atoms with Crippen LogP contribution in [0.1, 0.15) is 12.8 Å². The van der Waals surface area contributed by atoms with Gasteiger partial charge in [-0.3, -0.25) is 9.59 Å². The van der Waals surface area contributed by atoms with E-state index < -0.39 is 24.0 Å². The molecule has 3 amide bonds. The van der Waals surface area contributed by atoms with Gasteiger partial charge >= 0.3 is 18.0 Å². The number of rotatable bonds is 7. The van der Waals surface area contributed by atoms with Crippen LogP contribution in [-0.4, -0.2) is 67.7 Å². The van der Waals surface area contributed by atoms with Gasteiger partial charge in [-0.05, 0) is 6.42 Å². The highest BCUT2D eigenvalue weighted by Crippen LogP contribution is 2.00. The van der Waals surface area contributed by atoms with Crippen LogP contribution in [0.25, 0.3) is 0 Å². The van der Waals surface area contributed by atoms with Crippen LogP contribution in [0.3, 0.4) is 0 Å². The first-order valence-corrected chi connectivity index (χ1v) is 5.83. The van der Waals surface area contributed by atoms with E-state index in [1.165, 1.54) is 21.2 Å².